The Balaban J connectivity index is 1.60. The van der Waals surface area contributed by atoms with Gasteiger partial charge < -0.3 is 10.1 Å². The standard InChI is InChI=1S/C24H24N2O3/c1-17-9-7-8-12-21(17)22(27)26-23(28)25-19-13-15-20(16-14-19)29-24(2,3)18-10-5-4-6-11-18/h4-16H,1-3H3,(H2,25,26,27,28). The van der Waals surface area contributed by atoms with Gasteiger partial charge in [-0.1, -0.05) is 48.5 Å². The van der Waals surface area contributed by atoms with E-state index in [-0.39, 0.29) is 0 Å². The SMILES string of the molecule is Cc1ccccc1C(=O)NC(=O)Nc1ccc(OC(C)(C)c2ccccc2)cc1. The molecule has 3 aromatic rings. The van der Waals surface area contributed by atoms with Crippen LogP contribution in [0.15, 0.2) is 78.9 Å². The van der Waals surface area contributed by atoms with Crippen molar-refractivity contribution in [2.24, 2.45) is 0 Å². The van der Waals surface area contributed by atoms with Crippen LogP contribution in [0.25, 0.3) is 0 Å². The van der Waals surface area contributed by atoms with Crippen LogP contribution in [0.2, 0.25) is 0 Å². The van der Waals surface area contributed by atoms with Crippen molar-refractivity contribution >= 4 is 17.6 Å². The first-order valence-electron chi connectivity index (χ1n) is 9.38. The van der Waals surface area contributed by atoms with Gasteiger partial charge >= 0.3 is 6.03 Å². The van der Waals surface area contributed by atoms with Crippen LogP contribution in [-0.4, -0.2) is 11.9 Å². The number of imide groups is 1. The van der Waals surface area contributed by atoms with E-state index in [2.05, 4.69) is 10.6 Å². The molecule has 0 fully saturated rings. The fourth-order valence-electron chi connectivity index (χ4n) is 2.96. The number of carbonyl (C=O) groups is 2. The van der Waals surface area contributed by atoms with E-state index in [9.17, 15) is 9.59 Å². The number of aryl methyl sites for hydroxylation is 1. The summed E-state index contributed by atoms with van der Waals surface area (Å²) in [5, 5.41) is 5.00. The number of ether oxygens (including phenoxy) is 1. The first-order valence-corrected chi connectivity index (χ1v) is 9.38. The second-order valence-electron chi connectivity index (χ2n) is 7.23. The van der Waals surface area contributed by atoms with E-state index in [0.717, 1.165) is 11.1 Å². The van der Waals surface area contributed by atoms with Gasteiger partial charge in [0.1, 0.15) is 11.4 Å². The van der Waals surface area contributed by atoms with Crippen molar-refractivity contribution in [1.29, 1.82) is 0 Å². The molecule has 29 heavy (non-hydrogen) atoms. The summed E-state index contributed by atoms with van der Waals surface area (Å²) in [4.78, 5) is 24.4. The lowest BCUT2D eigenvalue weighted by Gasteiger charge is -2.27. The maximum Gasteiger partial charge on any atom is 0.326 e. The van der Waals surface area contributed by atoms with Gasteiger partial charge in [0.05, 0.1) is 0 Å². The first kappa shape index (κ1) is 20.1. The zero-order chi connectivity index (χ0) is 20.9. The molecule has 0 aliphatic heterocycles. The van der Waals surface area contributed by atoms with Gasteiger partial charge in [-0.2, -0.15) is 0 Å². The fourth-order valence-corrected chi connectivity index (χ4v) is 2.96. The van der Waals surface area contributed by atoms with Gasteiger partial charge in [0.25, 0.3) is 5.91 Å². The third-order valence-electron chi connectivity index (χ3n) is 4.57. The molecule has 0 saturated heterocycles. The highest BCUT2D eigenvalue weighted by Gasteiger charge is 2.22. The van der Waals surface area contributed by atoms with Crippen LogP contribution < -0.4 is 15.4 Å². The van der Waals surface area contributed by atoms with E-state index >= 15 is 0 Å². The molecule has 0 saturated carbocycles. The van der Waals surface area contributed by atoms with Crippen LogP contribution >= 0.6 is 0 Å². The second kappa shape index (κ2) is 8.61. The molecule has 148 valence electrons. The van der Waals surface area contributed by atoms with Crippen LogP contribution in [0.1, 0.15) is 35.3 Å². The number of carbonyl (C=O) groups excluding carboxylic acids is 2. The second-order valence-corrected chi connectivity index (χ2v) is 7.23. The molecular formula is C24H24N2O3. The van der Waals surface area contributed by atoms with E-state index in [1.54, 1.807) is 36.4 Å². The number of rotatable bonds is 5. The van der Waals surface area contributed by atoms with Crippen LogP contribution in [0.3, 0.4) is 0 Å². The predicted octanol–water partition coefficient (Wildman–Crippen LogP) is 5.27. The number of urea groups is 1. The monoisotopic (exact) mass is 388 g/mol. The Kier molecular flexibility index (Phi) is 5.98. The summed E-state index contributed by atoms with van der Waals surface area (Å²) in [5.41, 5.74) is 2.41. The van der Waals surface area contributed by atoms with Gasteiger partial charge in [-0.3, -0.25) is 10.1 Å². The van der Waals surface area contributed by atoms with E-state index in [4.69, 9.17) is 4.74 Å². The van der Waals surface area contributed by atoms with Crippen molar-refractivity contribution in [3.63, 3.8) is 0 Å². The molecule has 0 aromatic heterocycles. The number of benzene rings is 3. The average molecular weight is 388 g/mol. The minimum Gasteiger partial charge on any atom is -0.483 e. The molecule has 0 heterocycles. The van der Waals surface area contributed by atoms with Crippen LogP contribution in [0.5, 0.6) is 5.75 Å². The lowest BCUT2D eigenvalue weighted by molar-refractivity contribution is 0.0966. The van der Waals surface area contributed by atoms with Crippen LogP contribution in [0, 0.1) is 6.92 Å². The number of anilines is 1. The predicted molar refractivity (Wildman–Crippen MR) is 114 cm³/mol. The number of amides is 3. The quantitative estimate of drug-likeness (QED) is 0.626. The summed E-state index contributed by atoms with van der Waals surface area (Å²) in [6.07, 6.45) is 0. The van der Waals surface area contributed by atoms with E-state index in [0.29, 0.717) is 17.0 Å². The summed E-state index contributed by atoms with van der Waals surface area (Å²) < 4.78 is 6.10. The van der Waals surface area contributed by atoms with E-state index in [1.165, 1.54) is 0 Å². The Morgan fingerprint density at radius 3 is 2.10 bits per heavy atom. The zero-order valence-electron chi connectivity index (χ0n) is 16.7. The first-order chi connectivity index (χ1) is 13.8. The summed E-state index contributed by atoms with van der Waals surface area (Å²) in [6.45, 7) is 5.82. The van der Waals surface area contributed by atoms with Gasteiger partial charge in [-0.05, 0) is 62.2 Å². The van der Waals surface area contributed by atoms with Crippen LogP contribution in [-0.2, 0) is 5.60 Å². The van der Waals surface area contributed by atoms with Crippen LogP contribution in [0.4, 0.5) is 10.5 Å². The lowest BCUT2D eigenvalue weighted by Crippen LogP contribution is -2.34. The van der Waals surface area contributed by atoms with Crippen molar-refractivity contribution in [2.45, 2.75) is 26.4 Å². The lowest BCUT2D eigenvalue weighted by atomic mass is 9.98. The highest BCUT2D eigenvalue weighted by Crippen LogP contribution is 2.28. The third-order valence-corrected chi connectivity index (χ3v) is 4.57. The highest BCUT2D eigenvalue weighted by atomic mass is 16.5. The molecule has 3 aromatic carbocycles. The Morgan fingerprint density at radius 1 is 0.828 bits per heavy atom. The Hall–Kier alpha value is -3.60. The third kappa shape index (κ3) is 5.23. The Bertz CT molecular complexity index is 996. The molecule has 5 nitrogen and oxygen atoms in total. The molecule has 0 unspecified atom stereocenters. The molecular weight excluding hydrogens is 364 g/mol. The summed E-state index contributed by atoms with van der Waals surface area (Å²) in [7, 11) is 0. The fraction of sp³-hybridized carbons (Fsp3) is 0.167. The molecule has 3 amide bonds. The van der Waals surface area contributed by atoms with Gasteiger partial charge in [0.2, 0.25) is 0 Å². The molecule has 0 bridgehead atoms. The number of hydrogen-bond donors (Lipinski definition) is 2. The maximum absolute atomic E-state index is 12.2. The van der Waals surface area contributed by atoms with Gasteiger partial charge in [-0.25, -0.2) is 4.79 Å². The topological polar surface area (TPSA) is 67.4 Å². The summed E-state index contributed by atoms with van der Waals surface area (Å²) >= 11 is 0. The highest BCUT2D eigenvalue weighted by molar-refractivity contribution is 6.08. The molecule has 0 radical (unpaired) electrons. The summed E-state index contributed by atoms with van der Waals surface area (Å²) in [5.74, 6) is 0.242. The largest absolute Gasteiger partial charge is 0.483 e. The average Bonchev–Trinajstić information content (AvgIpc) is 2.70. The molecule has 5 heteroatoms. The van der Waals surface area contributed by atoms with Crippen molar-refractivity contribution in [1.82, 2.24) is 5.32 Å². The Labute approximate surface area is 170 Å². The number of nitrogens with one attached hydrogen (secondary N) is 2. The Morgan fingerprint density at radius 2 is 1.45 bits per heavy atom. The van der Waals surface area contributed by atoms with Gasteiger partial charge in [0.15, 0.2) is 0 Å². The van der Waals surface area contributed by atoms with Crippen molar-refractivity contribution in [3.05, 3.63) is 95.6 Å². The number of hydrogen-bond acceptors (Lipinski definition) is 3. The molecule has 0 aliphatic rings. The molecule has 0 atom stereocenters. The summed E-state index contributed by atoms with van der Waals surface area (Å²) in [6, 6.07) is 23.5. The maximum atomic E-state index is 12.2. The molecule has 2 N–H and O–H groups in total. The molecule has 3 rings (SSSR count). The van der Waals surface area contributed by atoms with Crippen molar-refractivity contribution < 1.29 is 14.3 Å². The minimum absolute atomic E-state index is 0.440. The smallest absolute Gasteiger partial charge is 0.326 e. The normalized spacial score (nSPS) is 10.9. The van der Waals surface area contributed by atoms with Gasteiger partial charge in [-0.15, -0.1) is 0 Å². The van der Waals surface area contributed by atoms with Crippen molar-refractivity contribution in [2.75, 3.05) is 5.32 Å². The molecule has 0 spiro atoms. The van der Waals surface area contributed by atoms with E-state index in [1.807, 2.05) is 63.2 Å². The molecule has 0 aliphatic carbocycles. The zero-order valence-corrected chi connectivity index (χ0v) is 16.7. The minimum atomic E-state index is -0.587. The van der Waals surface area contributed by atoms with E-state index < -0.39 is 17.5 Å². The van der Waals surface area contributed by atoms with Crippen molar-refractivity contribution in [3.8, 4) is 5.75 Å². The van der Waals surface area contributed by atoms with Gasteiger partial charge in [0, 0.05) is 11.3 Å².